The number of urea groups is 1. The Labute approximate surface area is 192 Å². The molecule has 4 amide bonds. The minimum absolute atomic E-state index is 0.0373. The predicted octanol–water partition coefficient (Wildman–Crippen LogP) is 3.80. The van der Waals surface area contributed by atoms with Crippen LogP contribution in [0.1, 0.15) is 38.5 Å². The first-order valence-corrected chi connectivity index (χ1v) is 12.1. The van der Waals surface area contributed by atoms with Crippen LogP contribution in [0.5, 0.6) is 0 Å². The van der Waals surface area contributed by atoms with Crippen LogP contribution in [0, 0.1) is 5.92 Å². The Hall–Kier alpha value is -2.94. The Kier molecular flexibility index (Phi) is 7.36. The molecule has 2 aromatic rings. The minimum atomic E-state index is -0.547. The summed E-state index contributed by atoms with van der Waals surface area (Å²) in [7, 11) is 0. The highest BCUT2D eigenvalue weighted by molar-refractivity contribution is 7.13. The van der Waals surface area contributed by atoms with Crippen molar-refractivity contribution in [3.8, 4) is 0 Å². The topological polar surface area (TPSA) is 94.6 Å². The number of thiazole rings is 1. The maximum absolute atomic E-state index is 13.2. The summed E-state index contributed by atoms with van der Waals surface area (Å²) in [4.78, 5) is 46.1. The van der Waals surface area contributed by atoms with E-state index in [0.717, 1.165) is 12.8 Å². The lowest BCUT2D eigenvalue weighted by Crippen LogP contribution is -2.59. The lowest BCUT2D eigenvalue weighted by atomic mass is 9.84. The zero-order valence-electron chi connectivity index (χ0n) is 18.0. The third-order valence-electron chi connectivity index (χ3n) is 6.19. The average Bonchev–Trinajstić information content (AvgIpc) is 3.32. The standard InChI is InChI=1S/C23H29N5O3S/c29-20-16-27(23(31)25-18-9-5-2-6-10-18)12-13-28(20)19(15-17-7-3-1-4-8-17)21(30)26-22-24-11-14-32-22/h2,5-6,9-11,14,17,19H,1,3-4,7-8,12-13,15-16H2,(H,25,31)(H,24,26,30). The summed E-state index contributed by atoms with van der Waals surface area (Å²) in [6.07, 6.45) is 8.06. The van der Waals surface area contributed by atoms with Gasteiger partial charge in [0, 0.05) is 30.4 Å². The molecule has 1 unspecified atom stereocenters. The first-order chi connectivity index (χ1) is 15.6. The van der Waals surface area contributed by atoms with Crippen LogP contribution in [-0.2, 0) is 9.59 Å². The van der Waals surface area contributed by atoms with Gasteiger partial charge in [0.05, 0.1) is 0 Å². The molecule has 0 bridgehead atoms. The molecule has 1 atom stereocenters. The van der Waals surface area contributed by atoms with Gasteiger partial charge in [-0.1, -0.05) is 50.3 Å². The van der Waals surface area contributed by atoms with Crippen LogP contribution in [0.3, 0.4) is 0 Å². The van der Waals surface area contributed by atoms with E-state index in [1.165, 1.54) is 35.5 Å². The monoisotopic (exact) mass is 455 g/mol. The molecule has 1 saturated heterocycles. The van der Waals surface area contributed by atoms with Crippen LogP contribution in [0.4, 0.5) is 15.6 Å². The summed E-state index contributed by atoms with van der Waals surface area (Å²) in [5.41, 5.74) is 0.686. The Bertz CT molecular complexity index is 915. The zero-order valence-corrected chi connectivity index (χ0v) is 18.9. The van der Waals surface area contributed by atoms with Crippen LogP contribution in [-0.4, -0.2) is 58.3 Å². The molecule has 2 fully saturated rings. The summed E-state index contributed by atoms with van der Waals surface area (Å²) in [5, 5.41) is 8.05. The molecular weight excluding hydrogens is 426 g/mol. The molecule has 0 spiro atoms. The fourth-order valence-electron chi connectivity index (χ4n) is 4.50. The summed E-state index contributed by atoms with van der Waals surface area (Å²) < 4.78 is 0. The van der Waals surface area contributed by atoms with Gasteiger partial charge in [0.15, 0.2) is 5.13 Å². The van der Waals surface area contributed by atoms with Crippen molar-refractivity contribution in [1.82, 2.24) is 14.8 Å². The molecule has 0 radical (unpaired) electrons. The number of rotatable bonds is 6. The Morgan fingerprint density at radius 1 is 1.09 bits per heavy atom. The molecule has 1 saturated carbocycles. The highest BCUT2D eigenvalue weighted by Gasteiger charge is 2.37. The van der Waals surface area contributed by atoms with E-state index in [1.807, 2.05) is 18.2 Å². The second kappa shape index (κ2) is 10.6. The molecule has 1 aromatic heterocycles. The van der Waals surface area contributed by atoms with Gasteiger partial charge in [-0.15, -0.1) is 11.3 Å². The fourth-order valence-corrected chi connectivity index (χ4v) is 5.03. The number of para-hydroxylation sites is 1. The van der Waals surface area contributed by atoms with E-state index in [4.69, 9.17) is 0 Å². The number of amides is 4. The number of hydrogen-bond donors (Lipinski definition) is 2. The molecule has 8 nitrogen and oxygen atoms in total. The smallest absolute Gasteiger partial charge is 0.322 e. The van der Waals surface area contributed by atoms with Crippen molar-refractivity contribution in [2.75, 3.05) is 30.3 Å². The molecule has 1 aliphatic heterocycles. The molecule has 2 heterocycles. The third-order valence-corrected chi connectivity index (χ3v) is 6.88. The molecular formula is C23H29N5O3S. The number of anilines is 2. The molecule has 1 aromatic carbocycles. The van der Waals surface area contributed by atoms with Gasteiger partial charge < -0.3 is 20.4 Å². The van der Waals surface area contributed by atoms with Gasteiger partial charge >= 0.3 is 6.03 Å². The third kappa shape index (κ3) is 5.64. The number of nitrogens with zero attached hydrogens (tertiary/aromatic N) is 3. The van der Waals surface area contributed by atoms with Crippen LogP contribution in [0.25, 0.3) is 0 Å². The van der Waals surface area contributed by atoms with Crippen LogP contribution in [0.2, 0.25) is 0 Å². The second-order valence-electron chi connectivity index (χ2n) is 8.39. The molecule has 170 valence electrons. The van der Waals surface area contributed by atoms with Gasteiger partial charge in [-0.05, 0) is 24.5 Å². The van der Waals surface area contributed by atoms with Crippen LogP contribution >= 0.6 is 11.3 Å². The van der Waals surface area contributed by atoms with Crippen molar-refractivity contribution in [2.24, 2.45) is 5.92 Å². The lowest BCUT2D eigenvalue weighted by molar-refractivity contribution is -0.142. The van der Waals surface area contributed by atoms with Crippen molar-refractivity contribution in [1.29, 1.82) is 0 Å². The normalized spacial score (nSPS) is 18.3. The average molecular weight is 456 g/mol. The molecule has 1 aliphatic carbocycles. The van der Waals surface area contributed by atoms with Gasteiger partial charge in [0.25, 0.3) is 0 Å². The van der Waals surface area contributed by atoms with Crippen molar-refractivity contribution in [2.45, 2.75) is 44.6 Å². The molecule has 2 N–H and O–H groups in total. The van der Waals surface area contributed by atoms with Gasteiger partial charge in [-0.25, -0.2) is 9.78 Å². The van der Waals surface area contributed by atoms with Crippen LogP contribution in [0.15, 0.2) is 41.9 Å². The van der Waals surface area contributed by atoms with Crippen molar-refractivity contribution < 1.29 is 14.4 Å². The zero-order chi connectivity index (χ0) is 22.3. The van der Waals surface area contributed by atoms with Gasteiger partial charge in [-0.3, -0.25) is 9.59 Å². The molecule has 9 heteroatoms. The van der Waals surface area contributed by atoms with Gasteiger partial charge in [0.1, 0.15) is 12.6 Å². The highest BCUT2D eigenvalue weighted by Crippen LogP contribution is 2.30. The van der Waals surface area contributed by atoms with Crippen molar-refractivity contribution in [3.05, 3.63) is 41.9 Å². The van der Waals surface area contributed by atoms with E-state index in [-0.39, 0.29) is 24.4 Å². The summed E-state index contributed by atoms with van der Waals surface area (Å²) in [6.45, 7) is 0.685. The minimum Gasteiger partial charge on any atom is -0.327 e. The largest absolute Gasteiger partial charge is 0.327 e. The maximum atomic E-state index is 13.2. The van der Waals surface area contributed by atoms with E-state index < -0.39 is 6.04 Å². The Balaban J connectivity index is 1.42. The van der Waals surface area contributed by atoms with E-state index in [0.29, 0.717) is 36.2 Å². The van der Waals surface area contributed by atoms with Gasteiger partial charge in [0.2, 0.25) is 11.8 Å². The maximum Gasteiger partial charge on any atom is 0.322 e. The summed E-state index contributed by atoms with van der Waals surface area (Å²) in [5.74, 6) is 0.0404. The van der Waals surface area contributed by atoms with Gasteiger partial charge in [-0.2, -0.15) is 0 Å². The van der Waals surface area contributed by atoms with E-state index in [9.17, 15) is 14.4 Å². The van der Waals surface area contributed by atoms with Crippen molar-refractivity contribution in [3.63, 3.8) is 0 Å². The molecule has 4 rings (SSSR count). The number of benzene rings is 1. The van der Waals surface area contributed by atoms with Crippen LogP contribution < -0.4 is 10.6 Å². The quantitative estimate of drug-likeness (QED) is 0.693. The van der Waals surface area contributed by atoms with E-state index in [1.54, 1.807) is 28.6 Å². The first-order valence-electron chi connectivity index (χ1n) is 11.2. The molecule has 32 heavy (non-hydrogen) atoms. The molecule has 2 aliphatic rings. The lowest BCUT2D eigenvalue weighted by Gasteiger charge is -2.39. The Morgan fingerprint density at radius 2 is 1.88 bits per heavy atom. The first kappa shape index (κ1) is 22.3. The number of carbonyl (C=O) groups is 3. The SMILES string of the molecule is O=C(Nc1nccs1)C(CC1CCCCC1)N1CCN(C(=O)Nc2ccccc2)CC1=O. The number of carbonyl (C=O) groups excluding carboxylic acids is 3. The second-order valence-corrected chi connectivity index (χ2v) is 9.28. The predicted molar refractivity (Wildman–Crippen MR) is 124 cm³/mol. The number of nitrogens with one attached hydrogen (secondary N) is 2. The summed E-state index contributed by atoms with van der Waals surface area (Å²) >= 11 is 1.36. The fraction of sp³-hybridized carbons (Fsp3) is 0.478. The van der Waals surface area contributed by atoms with Crippen molar-refractivity contribution >= 4 is 40.0 Å². The number of aromatic nitrogens is 1. The number of hydrogen-bond acceptors (Lipinski definition) is 5. The van der Waals surface area contributed by atoms with E-state index >= 15 is 0 Å². The van der Waals surface area contributed by atoms with E-state index in [2.05, 4.69) is 15.6 Å². The number of piperazine rings is 1. The summed E-state index contributed by atoms with van der Waals surface area (Å²) in [6, 6.07) is 8.32. The Morgan fingerprint density at radius 3 is 2.56 bits per heavy atom. The highest BCUT2D eigenvalue weighted by atomic mass is 32.1.